The first kappa shape index (κ1) is 17.8. The number of H-pyrrole nitrogens is 1. The molecule has 0 fully saturated rings. The normalized spacial score (nSPS) is 12.0. The summed E-state index contributed by atoms with van der Waals surface area (Å²) in [5, 5.41) is 22.9. The van der Waals surface area contributed by atoms with E-state index in [0.717, 1.165) is 4.88 Å². The first-order valence-corrected chi connectivity index (χ1v) is 9.13. The second-order valence-corrected chi connectivity index (χ2v) is 7.01. The molecule has 4 rings (SSSR count). The molecule has 0 radical (unpaired) electrons. The number of nitrogens with zero attached hydrogens (tertiary/aromatic N) is 2. The third kappa shape index (κ3) is 3.35. The molecule has 0 bridgehead atoms. The highest BCUT2D eigenvalue weighted by Crippen LogP contribution is 2.28. The molecular weight excluding hydrogens is 383 g/mol. The summed E-state index contributed by atoms with van der Waals surface area (Å²) < 4.78 is 13.3. The van der Waals surface area contributed by atoms with E-state index in [2.05, 4.69) is 15.5 Å². The summed E-state index contributed by atoms with van der Waals surface area (Å²) in [6.07, 6.45) is 0. The summed E-state index contributed by atoms with van der Waals surface area (Å²) >= 11 is 1.45. The van der Waals surface area contributed by atoms with E-state index in [4.69, 9.17) is 0 Å². The summed E-state index contributed by atoms with van der Waals surface area (Å²) in [7, 11) is 0. The Balaban J connectivity index is 1.70. The van der Waals surface area contributed by atoms with Crippen LogP contribution < -0.4 is 5.32 Å². The van der Waals surface area contributed by atoms with Crippen molar-refractivity contribution in [2.45, 2.75) is 6.04 Å². The number of nitrogens with one attached hydrogen (secondary N) is 2. The molecule has 4 aromatic rings. The van der Waals surface area contributed by atoms with Crippen molar-refractivity contribution in [3.8, 4) is 0 Å². The highest BCUT2D eigenvalue weighted by atomic mass is 32.1. The molecule has 0 saturated carbocycles. The minimum atomic E-state index is -0.527. The summed E-state index contributed by atoms with van der Waals surface area (Å²) in [5.41, 5.74) is 1.16. The molecular formula is C19H13FN4O3S. The lowest BCUT2D eigenvalue weighted by atomic mass is 10.0. The van der Waals surface area contributed by atoms with Gasteiger partial charge < -0.3 is 5.32 Å². The SMILES string of the molecule is O=C(N[C@H](c1ccc(F)cc1)c1cccs1)c1n[nH]c2ccc([N+](=O)[O-])cc12. The Bertz CT molecular complexity index is 1160. The maximum atomic E-state index is 13.3. The summed E-state index contributed by atoms with van der Waals surface area (Å²) in [4.78, 5) is 24.3. The zero-order chi connectivity index (χ0) is 19.7. The topological polar surface area (TPSA) is 101 Å². The van der Waals surface area contributed by atoms with Crippen molar-refractivity contribution in [3.05, 3.63) is 92.0 Å². The number of halogens is 1. The molecule has 0 saturated heterocycles. The molecule has 2 aromatic heterocycles. The van der Waals surface area contributed by atoms with Crippen LogP contribution in [0.15, 0.2) is 60.0 Å². The molecule has 2 heterocycles. The molecule has 0 unspecified atom stereocenters. The van der Waals surface area contributed by atoms with Gasteiger partial charge in [-0.2, -0.15) is 5.10 Å². The third-order valence-corrected chi connectivity index (χ3v) is 5.22. The largest absolute Gasteiger partial charge is 0.339 e. The first-order chi connectivity index (χ1) is 13.5. The average Bonchev–Trinajstić information content (AvgIpc) is 3.36. The number of hydrogen-bond acceptors (Lipinski definition) is 5. The lowest BCUT2D eigenvalue weighted by molar-refractivity contribution is -0.384. The molecule has 140 valence electrons. The van der Waals surface area contributed by atoms with E-state index in [0.29, 0.717) is 16.5 Å². The summed E-state index contributed by atoms with van der Waals surface area (Å²) in [6, 6.07) is 13.3. The van der Waals surface area contributed by atoms with Crippen LogP contribution in [0.5, 0.6) is 0 Å². The Labute approximate surface area is 162 Å². The number of nitro benzene ring substituents is 1. The van der Waals surface area contributed by atoms with Crippen molar-refractivity contribution in [1.29, 1.82) is 0 Å². The average molecular weight is 396 g/mol. The molecule has 9 heteroatoms. The fraction of sp³-hybridized carbons (Fsp3) is 0.0526. The van der Waals surface area contributed by atoms with Gasteiger partial charge in [-0.05, 0) is 35.2 Å². The van der Waals surface area contributed by atoms with E-state index in [9.17, 15) is 19.3 Å². The van der Waals surface area contributed by atoms with Crippen LogP contribution >= 0.6 is 11.3 Å². The number of aromatic nitrogens is 2. The van der Waals surface area contributed by atoms with Gasteiger partial charge in [0.1, 0.15) is 5.82 Å². The number of fused-ring (bicyclic) bond motifs is 1. The Morgan fingerprint density at radius 2 is 2.00 bits per heavy atom. The number of rotatable bonds is 5. The van der Waals surface area contributed by atoms with Gasteiger partial charge in [0, 0.05) is 22.4 Å². The Kier molecular flexibility index (Phi) is 4.58. The van der Waals surface area contributed by atoms with Crippen molar-refractivity contribution in [3.63, 3.8) is 0 Å². The highest BCUT2D eigenvalue weighted by molar-refractivity contribution is 7.10. The second-order valence-electron chi connectivity index (χ2n) is 6.03. The smallest absolute Gasteiger partial charge is 0.273 e. The van der Waals surface area contributed by atoms with Gasteiger partial charge in [0.15, 0.2) is 5.69 Å². The van der Waals surface area contributed by atoms with Crippen molar-refractivity contribution >= 4 is 33.8 Å². The van der Waals surface area contributed by atoms with E-state index in [-0.39, 0.29) is 17.2 Å². The van der Waals surface area contributed by atoms with Gasteiger partial charge in [-0.3, -0.25) is 20.0 Å². The molecule has 1 amide bonds. The molecule has 0 aliphatic carbocycles. The number of hydrogen-bond donors (Lipinski definition) is 2. The summed E-state index contributed by atoms with van der Waals surface area (Å²) in [6.45, 7) is 0. The highest BCUT2D eigenvalue weighted by Gasteiger charge is 2.23. The quantitative estimate of drug-likeness (QED) is 0.390. The number of thiophene rings is 1. The first-order valence-electron chi connectivity index (χ1n) is 8.25. The molecule has 1 atom stereocenters. The van der Waals surface area contributed by atoms with E-state index < -0.39 is 16.9 Å². The number of non-ortho nitro benzene ring substituents is 1. The Morgan fingerprint density at radius 1 is 1.21 bits per heavy atom. The number of aromatic amines is 1. The van der Waals surface area contributed by atoms with Gasteiger partial charge in [0.2, 0.25) is 0 Å². The number of carbonyl (C=O) groups excluding carboxylic acids is 1. The van der Waals surface area contributed by atoms with Gasteiger partial charge in [0.05, 0.1) is 16.5 Å². The lowest BCUT2D eigenvalue weighted by Gasteiger charge is -2.17. The van der Waals surface area contributed by atoms with Crippen LogP contribution in [0.3, 0.4) is 0 Å². The fourth-order valence-electron chi connectivity index (χ4n) is 2.92. The van der Waals surface area contributed by atoms with Crippen LogP contribution in [0, 0.1) is 15.9 Å². The van der Waals surface area contributed by atoms with Crippen molar-refractivity contribution in [2.24, 2.45) is 0 Å². The number of nitro groups is 1. The van der Waals surface area contributed by atoms with E-state index >= 15 is 0 Å². The number of amides is 1. The molecule has 0 aliphatic heterocycles. The zero-order valence-electron chi connectivity index (χ0n) is 14.3. The summed E-state index contributed by atoms with van der Waals surface area (Å²) in [5.74, 6) is -0.861. The predicted octanol–water partition coefficient (Wildman–Crippen LogP) is 4.19. The van der Waals surface area contributed by atoms with Gasteiger partial charge in [-0.25, -0.2) is 4.39 Å². The van der Waals surface area contributed by atoms with Gasteiger partial charge in [-0.15, -0.1) is 11.3 Å². The van der Waals surface area contributed by atoms with Crippen LogP contribution in [0.2, 0.25) is 0 Å². The van der Waals surface area contributed by atoms with Crippen LogP contribution in [-0.4, -0.2) is 21.0 Å². The molecule has 7 nitrogen and oxygen atoms in total. The number of benzene rings is 2. The third-order valence-electron chi connectivity index (χ3n) is 4.28. The maximum Gasteiger partial charge on any atom is 0.273 e. The molecule has 28 heavy (non-hydrogen) atoms. The second kappa shape index (κ2) is 7.20. The molecule has 0 aliphatic rings. The van der Waals surface area contributed by atoms with E-state index in [1.54, 1.807) is 12.1 Å². The monoisotopic (exact) mass is 396 g/mol. The van der Waals surface area contributed by atoms with Crippen molar-refractivity contribution < 1.29 is 14.1 Å². The van der Waals surface area contributed by atoms with Gasteiger partial charge in [0.25, 0.3) is 11.6 Å². The van der Waals surface area contributed by atoms with E-state index in [1.165, 1.54) is 41.7 Å². The van der Waals surface area contributed by atoms with Crippen LogP contribution in [-0.2, 0) is 0 Å². The standard InChI is InChI=1S/C19H13FN4O3S/c20-12-5-3-11(4-6-12)17(16-2-1-9-28-16)21-19(25)18-14-10-13(24(26)27)7-8-15(14)22-23-18/h1-10,17H,(H,21,25)(H,22,23)/t17-/m1/s1. The predicted molar refractivity (Wildman–Crippen MR) is 103 cm³/mol. The zero-order valence-corrected chi connectivity index (χ0v) is 15.1. The maximum absolute atomic E-state index is 13.3. The minimum Gasteiger partial charge on any atom is -0.339 e. The molecule has 2 N–H and O–H groups in total. The van der Waals surface area contributed by atoms with Crippen molar-refractivity contribution in [2.75, 3.05) is 0 Å². The van der Waals surface area contributed by atoms with E-state index in [1.807, 2.05) is 17.5 Å². The van der Waals surface area contributed by atoms with Gasteiger partial charge >= 0.3 is 0 Å². The fourth-order valence-corrected chi connectivity index (χ4v) is 3.72. The molecule has 2 aromatic carbocycles. The van der Waals surface area contributed by atoms with Gasteiger partial charge in [-0.1, -0.05) is 18.2 Å². The Hall–Kier alpha value is -3.59. The van der Waals surface area contributed by atoms with Crippen LogP contribution in [0.4, 0.5) is 10.1 Å². The lowest BCUT2D eigenvalue weighted by Crippen LogP contribution is -2.29. The van der Waals surface area contributed by atoms with Crippen LogP contribution in [0.1, 0.15) is 27.0 Å². The minimum absolute atomic E-state index is 0.0577. The molecule has 0 spiro atoms. The Morgan fingerprint density at radius 3 is 2.68 bits per heavy atom. The van der Waals surface area contributed by atoms with Crippen molar-refractivity contribution in [1.82, 2.24) is 15.5 Å². The number of carbonyl (C=O) groups is 1. The van der Waals surface area contributed by atoms with Crippen LogP contribution in [0.25, 0.3) is 10.9 Å².